The topological polar surface area (TPSA) is 107 Å². The monoisotopic (exact) mass is 397 g/mol. The summed E-state index contributed by atoms with van der Waals surface area (Å²) in [6.07, 6.45) is -1.81. The van der Waals surface area contributed by atoms with Crippen LogP contribution in [0.3, 0.4) is 0 Å². The summed E-state index contributed by atoms with van der Waals surface area (Å²) in [5.74, 6) is -0.983. The number of halogens is 4. The van der Waals surface area contributed by atoms with Gasteiger partial charge in [-0.3, -0.25) is 14.9 Å². The van der Waals surface area contributed by atoms with Crippen molar-refractivity contribution in [2.45, 2.75) is 43.9 Å². The summed E-state index contributed by atoms with van der Waals surface area (Å²) in [6.45, 7) is -1.55. The molecule has 1 saturated carbocycles. The van der Waals surface area contributed by atoms with Crippen LogP contribution in [0.1, 0.15) is 36.0 Å². The first-order valence-electron chi connectivity index (χ1n) is 7.70. The fraction of sp³-hybridized carbons (Fsp3) is 0.533. The van der Waals surface area contributed by atoms with E-state index in [9.17, 15) is 28.1 Å². The van der Waals surface area contributed by atoms with Gasteiger partial charge in [0, 0.05) is 18.2 Å². The van der Waals surface area contributed by atoms with Crippen molar-refractivity contribution in [2.75, 3.05) is 6.61 Å². The Morgan fingerprint density at radius 3 is 2.46 bits per heavy atom. The summed E-state index contributed by atoms with van der Waals surface area (Å²) in [7, 11) is 0. The lowest BCUT2D eigenvalue weighted by Crippen LogP contribution is -2.40. The summed E-state index contributed by atoms with van der Waals surface area (Å²) >= 11 is 0. The number of rotatable bonds is 5. The van der Waals surface area contributed by atoms with Crippen LogP contribution in [-0.2, 0) is 0 Å². The largest absolute Gasteiger partial charge is 0.484 e. The second kappa shape index (κ2) is 9.04. The molecule has 0 radical (unpaired) electrons. The average Bonchev–Trinajstić information content (AvgIpc) is 2.54. The normalized spacial score (nSPS) is 20.0. The van der Waals surface area contributed by atoms with Crippen molar-refractivity contribution in [2.24, 2.45) is 5.73 Å². The summed E-state index contributed by atoms with van der Waals surface area (Å²) in [5, 5.41) is 13.8. The zero-order valence-electron chi connectivity index (χ0n) is 13.6. The van der Waals surface area contributed by atoms with Crippen LogP contribution in [0.15, 0.2) is 18.2 Å². The molecule has 26 heavy (non-hydrogen) atoms. The van der Waals surface area contributed by atoms with Crippen molar-refractivity contribution in [1.82, 2.24) is 5.32 Å². The quantitative estimate of drug-likeness (QED) is 0.586. The molecular weight excluding hydrogens is 379 g/mol. The van der Waals surface area contributed by atoms with Gasteiger partial charge in [-0.15, -0.1) is 12.4 Å². The van der Waals surface area contributed by atoms with E-state index in [1.807, 2.05) is 0 Å². The molecule has 146 valence electrons. The van der Waals surface area contributed by atoms with E-state index in [2.05, 4.69) is 10.1 Å². The minimum absolute atomic E-state index is 0. The van der Waals surface area contributed by atoms with Crippen LogP contribution in [0.5, 0.6) is 5.75 Å². The Morgan fingerprint density at radius 1 is 1.31 bits per heavy atom. The number of alkyl halides is 3. The minimum Gasteiger partial charge on any atom is -0.484 e. The van der Waals surface area contributed by atoms with Gasteiger partial charge >= 0.3 is 6.18 Å². The standard InChI is InChI=1S/C15H18F3N3O4.ClH/c16-15(17,18)8-25-11-5-6-13(21(23)24)12(7-11)14(22)20-10-3-1-9(19)2-4-10;/h5-7,9-10H,1-4,8,19H2,(H,20,22);1H. The van der Waals surface area contributed by atoms with Crippen molar-refractivity contribution < 1.29 is 27.6 Å². The number of carbonyl (C=O) groups excluding carboxylic acids is 1. The molecule has 0 aromatic heterocycles. The lowest BCUT2D eigenvalue weighted by atomic mass is 9.91. The van der Waals surface area contributed by atoms with Gasteiger partial charge in [0.15, 0.2) is 6.61 Å². The molecule has 1 aliphatic carbocycles. The predicted molar refractivity (Wildman–Crippen MR) is 89.6 cm³/mol. The van der Waals surface area contributed by atoms with Crippen LogP contribution in [0.25, 0.3) is 0 Å². The van der Waals surface area contributed by atoms with E-state index < -0.39 is 29.3 Å². The number of ether oxygens (including phenoxy) is 1. The van der Waals surface area contributed by atoms with Crippen LogP contribution < -0.4 is 15.8 Å². The Bertz CT molecular complexity index is 650. The molecule has 0 saturated heterocycles. The van der Waals surface area contributed by atoms with E-state index in [0.717, 1.165) is 31.0 Å². The highest BCUT2D eigenvalue weighted by molar-refractivity contribution is 5.98. The van der Waals surface area contributed by atoms with Crippen LogP contribution in [-0.4, -0.2) is 35.7 Å². The summed E-state index contributed by atoms with van der Waals surface area (Å²) < 4.78 is 41.2. The number of amides is 1. The van der Waals surface area contributed by atoms with Crippen molar-refractivity contribution in [3.05, 3.63) is 33.9 Å². The van der Waals surface area contributed by atoms with Crippen LogP contribution in [0, 0.1) is 10.1 Å². The van der Waals surface area contributed by atoms with E-state index in [4.69, 9.17) is 5.73 Å². The number of nitro benzene ring substituents is 1. The minimum atomic E-state index is -4.55. The first-order valence-corrected chi connectivity index (χ1v) is 7.70. The highest BCUT2D eigenvalue weighted by Crippen LogP contribution is 2.26. The number of hydrogen-bond donors (Lipinski definition) is 2. The van der Waals surface area contributed by atoms with Gasteiger partial charge in [0.25, 0.3) is 11.6 Å². The van der Waals surface area contributed by atoms with E-state index in [-0.39, 0.29) is 35.8 Å². The average molecular weight is 398 g/mol. The van der Waals surface area contributed by atoms with Gasteiger partial charge in [0.1, 0.15) is 11.3 Å². The second-order valence-electron chi connectivity index (χ2n) is 5.93. The molecule has 0 aliphatic heterocycles. The SMILES string of the molecule is Cl.NC1CCC(NC(=O)c2cc(OCC(F)(F)F)ccc2[N+](=O)[O-])CC1. The summed E-state index contributed by atoms with van der Waals surface area (Å²) in [4.78, 5) is 22.7. The maximum Gasteiger partial charge on any atom is 0.422 e. The van der Waals surface area contributed by atoms with Crippen LogP contribution >= 0.6 is 12.4 Å². The zero-order valence-corrected chi connectivity index (χ0v) is 14.4. The Balaban J connectivity index is 0.00000338. The van der Waals surface area contributed by atoms with Gasteiger partial charge in [-0.1, -0.05) is 0 Å². The third-order valence-electron chi connectivity index (χ3n) is 3.92. The molecule has 7 nitrogen and oxygen atoms in total. The number of nitrogens with zero attached hydrogens (tertiary/aromatic N) is 1. The van der Waals surface area contributed by atoms with Gasteiger partial charge in [-0.25, -0.2) is 0 Å². The highest BCUT2D eigenvalue weighted by atomic mass is 35.5. The smallest absolute Gasteiger partial charge is 0.422 e. The Labute approximate surface area is 153 Å². The third-order valence-corrected chi connectivity index (χ3v) is 3.92. The van der Waals surface area contributed by atoms with Gasteiger partial charge in [-0.05, 0) is 37.8 Å². The zero-order chi connectivity index (χ0) is 18.6. The first kappa shape index (κ1) is 22.0. The van der Waals surface area contributed by atoms with Crippen molar-refractivity contribution in [1.29, 1.82) is 0 Å². The Kier molecular flexibility index (Phi) is 7.64. The van der Waals surface area contributed by atoms with Crippen molar-refractivity contribution in [3.8, 4) is 5.75 Å². The van der Waals surface area contributed by atoms with Gasteiger partial charge in [0.2, 0.25) is 0 Å². The highest BCUT2D eigenvalue weighted by Gasteiger charge is 2.30. The van der Waals surface area contributed by atoms with Crippen LogP contribution in [0.4, 0.5) is 18.9 Å². The predicted octanol–water partition coefficient (Wildman–Crippen LogP) is 2.96. The molecule has 0 atom stereocenters. The molecular formula is C15H19ClF3N3O4. The van der Waals surface area contributed by atoms with Crippen LogP contribution in [0.2, 0.25) is 0 Å². The third kappa shape index (κ3) is 6.34. The van der Waals surface area contributed by atoms with Crippen molar-refractivity contribution in [3.63, 3.8) is 0 Å². The van der Waals surface area contributed by atoms with Crippen molar-refractivity contribution >= 4 is 24.0 Å². The lowest BCUT2D eigenvalue weighted by Gasteiger charge is -2.26. The summed E-state index contributed by atoms with van der Waals surface area (Å²) in [5.41, 5.74) is 4.95. The number of benzene rings is 1. The molecule has 1 aromatic carbocycles. The van der Waals surface area contributed by atoms with E-state index in [1.54, 1.807) is 0 Å². The molecule has 0 spiro atoms. The maximum atomic E-state index is 12.3. The number of nitrogens with two attached hydrogens (primary N) is 1. The lowest BCUT2D eigenvalue weighted by molar-refractivity contribution is -0.385. The molecule has 1 aromatic rings. The molecule has 11 heteroatoms. The molecule has 2 rings (SSSR count). The van der Waals surface area contributed by atoms with Gasteiger partial charge in [-0.2, -0.15) is 13.2 Å². The fourth-order valence-electron chi connectivity index (χ4n) is 2.64. The number of nitro groups is 1. The molecule has 0 bridgehead atoms. The molecule has 0 unspecified atom stereocenters. The molecule has 3 N–H and O–H groups in total. The molecule has 1 fully saturated rings. The molecule has 1 aliphatic rings. The Morgan fingerprint density at radius 2 is 1.92 bits per heavy atom. The van der Waals surface area contributed by atoms with E-state index in [0.29, 0.717) is 12.8 Å². The molecule has 1 amide bonds. The summed E-state index contributed by atoms with van der Waals surface area (Å²) in [6, 6.07) is 2.83. The number of carbonyl (C=O) groups is 1. The molecule has 0 heterocycles. The fourth-order valence-corrected chi connectivity index (χ4v) is 2.64. The number of nitrogens with one attached hydrogen (secondary N) is 1. The second-order valence-corrected chi connectivity index (χ2v) is 5.93. The Hall–Kier alpha value is -2.07. The van der Waals surface area contributed by atoms with E-state index >= 15 is 0 Å². The van der Waals surface area contributed by atoms with E-state index in [1.165, 1.54) is 0 Å². The maximum absolute atomic E-state index is 12.3. The number of hydrogen-bond acceptors (Lipinski definition) is 5. The van der Waals surface area contributed by atoms with Gasteiger partial charge in [0.05, 0.1) is 4.92 Å². The first-order chi connectivity index (χ1) is 11.7. The van der Waals surface area contributed by atoms with Gasteiger partial charge < -0.3 is 15.8 Å².